The Bertz CT molecular complexity index is 1010. The number of aromatic amines is 1. The summed E-state index contributed by atoms with van der Waals surface area (Å²) in [6.45, 7) is 7.41. The van der Waals surface area contributed by atoms with Gasteiger partial charge in [-0.3, -0.25) is 0 Å². The van der Waals surface area contributed by atoms with Gasteiger partial charge in [0.1, 0.15) is 5.60 Å². The summed E-state index contributed by atoms with van der Waals surface area (Å²) < 4.78 is 6.23. The molecule has 1 aliphatic heterocycles. The highest BCUT2D eigenvalue weighted by molar-refractivity contribution is 5.93. The van der Waals surface area contributed by atoms with E-state index in [1.165, 1.54) is 27.6 Å². The zero-order valence-electron chi connectivity index (χ0n) is 17.0. The van der Waals surface area contributed by atoms with Gasteiger partial charge in [0.15, 0.2) is 0 Å². The summed E-state index contributed by atoms with van der Waals surface area (Å²) in [5.74, 6) is 0.387. The molecule has 4 rings (SSSR count). The number of hydrogen-bond acceptors (Lipinski definition) is 3. The van der Waals surface area contributed by atoms with Crippen LogP contribution in [0.3, 0.4) is 0 Å². The predicted molar refractivity (Wildman–Crippen MR) is 116 cm³/mol. The third-order valence-electron chi connectivity index (χ3n) is 6.16. The minimum absolute atomic E-state index is 0.119. The van der Waals surface area contributed by atoms with Crippen LogP contribution >= 0.6 is 0 Å². The van der Waals surface area contributed by atoms with Gasteiger partial charge in [0.2, 0.25) is 0 Å². The molecular formula is C24H30N2O2. The normalized spacial score (nSPS) is 19.3. The molecule has 0 fully saturated rings. The van der Waals surface area contributed by atoms with Crippen LogP contribution in [0.4, 0.5) is 5.69 Å². The maximum absolute atomic E-state index is 9.67. The Hall–Kier alpha value is -2.30. The Kier molecular flexibility index (Phi) is 4.94. The maximum atomic E-state index is 9.67. The highest BCUT2D eigenvalue weighted by Crippen LogP contribution is 2.44. The molecule has 2 aromatic carbocycles. The number of nitrogen functional groups attached to an aromatic ring is 1. The van der Waals surface area contributed by atoms with Gasteiger partial charge in [-0.05, 0) is 65.3 Å². The van der Waals surface area contributed by atoms with Gasteiger partial charge in [0.05, 0.1) is 12.3 Å². The van der Waals surface area contributed by atoms with Gasteiger partial charge >= 0.3 is 0 Å². The van der Waals surface area contributed by atoms with Crippen LogP contribution in [0.5, 0.6) is 0 Å². The van der Waals surface area contributed by atoms with E-state index in [-0.39, 0.29) is 6.61 Å². The van der Waals surface area contributed by atoms with E-state index in [4.69, 9.17) is 10.5 Å². The number of nitrogens with two attached hydrogens (primary N) is 1. The molecule has 0 saturated carbocycles. The Morgan fingerprint density at radius 2 is 2.04 bits per heavy atom. The average molecular weight is 379 g/mol. The Labute approximate surface area is 166 Å². The largest absolute Gasteiger partial charge is 0.399 e. The molecule has 2 heterocycles. The maximum Gasteiger partial charge on any atom is 0.110 e. The van der Waals surface area contributed by atoms with Crippen molar-refractivity contribution in [3.63, 3.8) is 0 Å². The van der Waals surface area contributed by atoms with E-state index < -0.39 is 5.60 Å². The minimum atomic E-state index is -0.424. The number of rotatable bonds is 5. The van der Waals surface area contributed by atoms with Crippen LogP contribution in [0, 0.1) is 0 Å². The standard InChI is InChI=1S/C24H30N2O2/c1-4-24(9-10-27)23-19(8-11-28-24)21-14-17(16-6-5-7-18(25)12-16)13-20(15(2)3)22(21)26-23/h5-7,12-15,26-27H,4,8-11,25H2,1-3H3. The quantitative estimate of drug-likeness (QED) is 0.541. The number of nitrogens with one attached hydrogen (secondary N) is 1. The molecule has 28 heavy (non-hydrogen) atoms. The van der Waals surface area contributed by atoms with Crippen molar-refractivity contribution in [1.29, 1.82) is 0 Å². The molecule has 0 aliphatic carbocycles. The van der Waals surface area contributed by atoms with E-state index in [9.17, 15) is 5.11 Å². The van der Waals surface area contributed by atoms with Gasteiger partial charge < -0.3 is 20.6 Å². The molecule has 1 aromatic heterocycles. The molecule has 1 unspecified atom stereocenters. The molecule has 0 radical (unpaired) electrons. The minimum Gasteiger partial charge on any atom is -0.399 e. The van der Waals surface area contributed by atoms with Crippen LogP contribution in [0.15, 0.2) is 36.4 Å². The van der Waals surface area contributed by atoms with Crippen molar-refractivity contribution in [3.8, 4) is 11.1 Å². The molecule has 1 atom stereocenters. The lowest BCUT2D eigenvalue weighted by atomic mass is 9.86. The smallest absolute Gasteiger partial charge is 0.110 e. The Morgan fingerprint density at radius 3 is 2.71 bits per heavy atom. The number of H-pyrrole nitrogens is 1. The molecule has 3 aromatic rings. The van der Waals surface area contributed by atoms with Crippen molar-refractivity contribution >= 4 is 16.6 Å². The van der Waals surface area contributed by atoms with Crippen molar-refractivity contribution < 1.29 is 9.84 Å². The van der Waals surface area contributed by atoms with E-state index >= 15 is 0 Å². The summed E-state index contributed by atoms with van der Waals surface area (Å²) in [7, 11) is 0. The van der Waals surface area contributed by atoms with Crippen molar-refractivity contribution in [3.05, 3.63) is 53.2 Å². The molecule has 148 valence electrons. The number of aromatic nitrogens is 1. The topological polar surface area (TPSA) is 71.3 Å². The van der Waals surface area contributed by atoms with E-state index in [0.717, 1.165) is 29.8 Å². The zero-order valence-corrected chi connectivity index (χ0v) is 17.0. The molecule has 0 amide bonds. The van der Waals surface area contributed by atoms with E-state index in [0.29, 0.717) is 18.9 Å². The summed E-state index contributed by atoms with van der Waals surface area (Å²) in [6, 6.07) is 12.7. The summed E-state index contributed by atoms with van der Waals surface area (Å²) >= 11 is 0. The lowest BCUT2D eigenvalue weighted by Gasteiger charge is -2.36. The fourth-order valence-electron chi connectivity index (χ4n) is 4.62. The van der Waals surface area contributed by atoms with Gasteiger partial charge in [-0.1, -0.05) is 32.9 Å². The van der Waals surface area contributed by atoms with Gasteiger partial charge in [-0.2, -0.15) is 0 Å². The first kappa shape index (κ1) is 19.0. The number of anilines is 1. The second kappa shape index (κ2) is 7.26. The number of ether oxygens (including phenoxy) is 1. The second-order valence-electron chi connectivity index (χ2n) is 8.17. The summed E-state index contributed by atoms with van der Waals surface area (Å²) in [5, 5.41) is 10.9. The average Bonchev–Trinajstić information content (AvgIpc) is 3.07. The lowest BCUT2D eigenvalue weighted by molar-refractivity contribution is -0.0795. The van der Waals surface area contributed by atoms with Gasteiger partial charge in [-0.25, -0.2) is 0 Å². The van der Waals surface area contributed by atoms with Crippen LogP contribution in [-0.4, -0.2) is 23.3 Å². The van der Waals surface area contributed by atoms with Gasteiger partial charge in [0, 0.05) is 29.6 Å². The number of benzene rings is 2. The summed E-state index contributed by atoms with van der Waals surface area (Å²) in [6.07, 6.45) is 2.34. The number of fused-ring (bicyclic) bond motifs is 3. The highest BCUT2D eigenvalue weighted by atomic mass is 16.5. The Balaban J connectivity index is 1.99. The lowest BCUT2D eigenvalue weighted by Crippen LogP contribution is -2.36. The van der Waals surface area contributed by atoms with Crippen LogP contribution in [0.2, 0.25) is 0 Å². The molecule has 0 bridgehead atoms. The first-order valence-corrected chi connectivity index (χ1v) is 10.3. The number of hydrogen-bond donors (Lipinski definition) is 3. The van der Waals surface area contributed by atoms with Crippen molar-refractivity contribution in [2.24, 2.45) is 0 Å². The molecule has 1 aliphatic rings. The van der Waals surface area contributed by atoms with E-state index in [1.54, 1.807) is 0 Å². The SMILES string of the molecule is CCC1(CCO)OCCc2c1[nH]c1c(C(C)C)cc(-c3cccc(N)c3)cc21. The van der Waals surface area contributed by atoms with E-state index in [1.807, 2.05) is 18.2 Å². The third kappa shape index (κ3) is 3.01. The molecular weight excluding hydrogens is 348 g/mol. The van der Waals surface area contributed by atoms with Crippen molar-refractivity contribution in [1.82, 2.24) is 4.98 Å². The first-order chi connectivity index (χ1) is 13.5. The first-order valence-electron chi connectivity index (χ1n) is 10.3. The summed E-state index contributed by atoms with van der Waals surface area (Å²) in [5.41, 5.74) is 13.7. The molecule has 4 heteroatoms. The number of aliphatic hydroxyl groups is 1. The van der Waals surface area contributed by atoms with Crippen LogP contribution in [0.1, 0.15) is 56.4 Å². The zero-order chi connectivity index (χ0) is 19.9. The van der Waals surface area contributed by atoms with Gasteiger partial charge in [-0.15, -0.1) is 0 Å². The van der Waals surface area contributed by atoms with Gasteiger partial charge in [0.25, 0.3) is 0 Å². The van der Waals surface area contributed by atoms with E-state index in [2.05, 4.69) is 44.0 Å². The van der Waals surface area contributed by atoms with Crippen molar-refractivity contribution in [2.45, 2.75) is 51.6 Å². The number of aliphatic hydroxyl groups excluding tert-OH is 1. The monoisotopic (exact) mass is 378 g/mol. The molecule has 4 N–H and O–H groups in total. The fraction of sp³-hybridized carbons (Fsp3) is 0.417. The predicted octanol–water partition coefficient (Wildman–Crippen LogP) is 5.10. The third-order valence-corrected chi connectivity index (χ3v) is 6.16. The highest BCUT2D eigenvalue weighted by Gasteiger charge is 2.38. The van der Waals surface area contributed by atoms with Crippen LogP contribution in [0.25, 0.3) is 22.0 Å². The van der Waals surface area contributed by atoms with Crippen LogP contribution in [-0.2, 0) is 16.8 Å². The van der Waals surface area contributed by atoms with Crippen LogP contribution < -0.4 is 5.73 Å². The van der Waals surface area contributed by atoms with Crippen molar-refractivity contribution in [2.75, 3.05) is 18.9 Å². The molecule has 4 nitrogen and oxygen atoms in total. The molecule has 0 spiro atoms. The Morgan fingerprint density at radius 1 is 1.21 bits per heavy atom. The molecule has 0 saturated heterocycles. The fourth-order valence-corrected chi connectivity index (χ4v) is 4.62. The summed E-state index contributed by atoms with van der Waals surface area (Å²) in [4.78, 5) is 3.72. The second-order valence-corrected chi connectivity index (χ2v) is 8.17.